The number of carbonyl (C=O) groups excluding carboxylic acids is 1. The van der Waals surface area contributed by atoms with Gasteiger partial charge in [0.25, 0.3) is 5.91 Å². The van der Waals surface area contributed by atoms with Gasteiger partial charge in [0, 0.05) is 23.1 Å². The van der Waals surface area contributed by atoms with Gasteiger partial charge in [0.1, 0.15) is 0 Å². The van der Waals surface area contributed by atoms with E-state index in [1.54, 1.807) is 18.4 Å². The molecular formula is C13H18BrNO2S2. The van der Waals surface area contributed by atoms with E-state index in [1.165, 1.54) is 16.2 Å². The maximum Gasteiger partial charge on any atom is 0.261 e. The van der Waals surface area contributed by atoms with Gasteiger partial charge in [0.05, 0.1) is 17.5 Å². The molecule has 0 saturated heterocycles. The average molecular weight is 364 g/mol. The maximum absolute atomic E-state index is 12.2. The Hall–Kier alpha value is -0.0400. The summed E-state index contributed by atoms with van der Waals surface area (Å²) >= 11 is 6.99. The second-order valence-electron chi connectivity index (χ2n) is 4.47. The van der Waals surface area contributed by atoms with Crippen molar-refractivity contribution in [3.05, 3.63) is 21.4 Å². The number of fused-ring (bicyclic) bond motifs is 1. The van der Waals surface area contributed by atoms with Gasteiger partial charge in [0.15, 0.2) is 0 Å². The van der Waals surface area contributed by atoms with Gasteiger partial charge in [-0.15, -0.1) is 11.3 Å². The average Bonchev–Trinajstić information content (AvgIpc) is 2.83. The number of amides is 1. The fraction of sp³-hybridized carbons (Fsp3) is 0.615. The van der Waals surface area contributed by atoms with E-state index in [9.17, 15) is 4.79 Å². The minimum atomic E-state index is 0.0346. The van der Waals surface area contributed by atoms with Gasteiger partial charge in [-0.3, -0.25) is 4.79 Å². The molecule has 2 heterocycles. The molecule has 1 amide bonds. The molecule has 0 radical (unpaired) electrons. The fourth-order valence-electron chi connectivity index (χ4n) is 2.05. The molecule has 1 aromatic heterocycles. The van der Waals surface area contributed by atoms with Crippen LogP contribution in [0.5, 0.6) is 0 Å². The summed E-state index contributed by atoms with van der Waals surface area (Å²) in [7, 11) is 1.66. The molecular weight excluding hydrogens is 346 g/mol. The summed E-state index contributed by atoms with van der Waals surface area (Å²) in [6.07, 6.45) is 1.97. The van der Waals surface area contributed by atoms with Crippen molar-refractivity contribution < 1.29 is 9.53 Å². The molecule has 0 spiro atoms. The molecule has 1 aliphatic heterocycles. The number of thiophene rings is 1. The first-order valence-corrected chi connectivity index (χ1v) is 9.39. The first kappa shape index (κ1) is 15.4. The second-order valence-corrected chi connectivity index (χ2v) is 7.50. The summed E-state index contributed by atoms with van der Waals surface area (Å²) in [5, 5.41) is 3.91. The molecule has 0 bridgehead atoms. The lowest BCUT2D eigenvalue weighted by Gasteiger charge is -2.16. The zero-order chi connectivity index (χ0) is 13.7. The quantitative estimate of drug-likeness (QED) is 0.789. The molecule has 2 rings (SSSR count). The summed E-state index contributed by atoms with van der Waals surface area (Å²) in [5.41, 5.74) is 1.34. The molecule has 19 heavy (non-hydrogen) atoms. The van der Waals surface area contributed by atoms with Crippen LogP contribution in [0.15, 0.2) is 6.07 Å². The van der Waals surface area contributed by atoms with Crippen LogP contribution < -0.4 is 5.32 Å². The lowest BCUT2D eigenvalue weighted by atomic mass is 10.2. The molecule has 0 aromatic carbocycles. The van der Waals surface area contributed by atoms with Crippen molar-refractivity contribution in [2.75, 3.05) is 24.8 Å². The molecule has 0 fully saturated rings. The van der Waals surface area contributed by atoms with Crippen LogP contribution in [0.1, 0.15) is 26.5 Å². The van der Waals surface area contributed by atoms with Crippen molar-refractivity contribution >= 4 is 44.9 Å². The zero-order valence-electron chi connectivity index (χ0n) is 10.9. The zero-order valence-corrected chi connectivity index (χ0v) is 14.1. The summed E-state index contributed by atoms with van der Waals surface area (Å²) in [5.74, 6) is 2.25. The highest BCUT2D eigenvalue weighted by molar-refractivity contribution is 9.09. The van der Waals surface area contributed by atoms with Crippen molar-refractivity contribution in [1.82, 2.24) is 5.32 Å². The van der Waals surface area contributed by atoms with Crippen LogP contribution in [0.25, 0.3) is 0 Å². The number of rotatable bonds is 6. The van der Waals surface area contributed by atoms with Crippen LogP contribution in [0, 0.1) is 0 Å². The standard InChI is InChI=1S/C13H18BrNO2S2/c1-17-7-10(2-4-14)15-13(16)12-6-9-8-18-5-3-11(9)19-12/h6,10H,2-5,7-8H2,1H3,(H,15,16). The van der Waals surface area contributed by atoms with Crippen LogP contribution in [-0.4, -0.2) is 36.7 Å². The van der Waals surface area contributed by atoms with Gasteiger partial charge in [-0.25, -0.2) is 0 Å². The smallest absolute Gasteiger partial charge is 0.261 e. The number of hydrogen-bond acceptors (Lipinski definition) is 4. The predicted octanol–water partition coefficient (Wildman–Crippen LogP) is 3.07. The SMILES string of the molecule is COCC(CCBr)NC(=O)c1cc2c(s1)CCSC2. The highest BCUT2D eigenvalue weighted by Crippen LogP contribution is 2.31. The summed E-state index contributed by atoms with van der Waals surface area (Å²) in [4.78, 5) is 14.5. The van der Waals surface area contributed by atoms with E-state index in [0.29, 0.717) is 6.61 Å². The fourth-order valence-corrected chi connectivity index (χ4v) is 4.87. The maximum atomic E-state index is 12.2. The Kier molecular flexibility index (Phi) is 6.19. The van der Waals surface area contributed by atoms with E-state index in [-0.39, 0.29) is 11.9 Å². The molecule has 1 aromatic rings. The minimum absolute atomic E-state index is 0.0346. The van der Waals surface area contributed by atoms with Crippen LogP contribution in [0.4, 0.5) is 0 Å². The molecule has 0 saturated carbocycles. The molecule has 0 aliphatic carbocycles. The molecule has 1 atom stereocenters. The normalized spacial score (nSPS) is 15.9. The second kappa shape index (κ2) is 7.67. The highest BCUT2D eigenvalue weighted by atomic mass is 79.9. The van der Waals surface area contributed by atoms with E-state index >= 15 is 0 Å². The third kappa shape index (κ3) is 4.21. The van der Waals surface area contributed by atoms with E-state index in [0.717, 1.165) is 28.8 Å². The molecule has 106 valence electrons. The third-order valence-corrected chi connectivity index (χ3v) is 5.71. The molecule has 1 aliphatic rings. The van der Waals surface area contributed by atoms with E-state index in [4.69, 9.17) is 4.74 Å². The molecule has 6 heteroatoms. The van der Waals surface area contributed by atoms with Gasteiger partial charge >= 0.3 is 0 Å². The van der Waals surface area contributed by atoms with Crippen LogP contribution in [0.2, 0.25) is 0 Å². The number of methoxy groups -OCH3 is 1. The van der Waals surface area contributed by atoms with E-state index in [2.05, 4.69) is 27.3 Å². The number of thioether (sulfide) groups is 1. The van der Waals surface area contributed by atoms with Crippen molar-refractivity contribution in [3.8, 4) is 0 Å². The monoisotopic (exact) mass is 363 g/mol. The summed E-state index contributed by atoms with van der Waals surface area (Å²) in [6.45, 7) is 0.554. The number of halogens is 1. The largest absolute Gasteiger partial charge is 0.383 e. The number of ether oxygens (including phenoxy) is 1. The number of carbonyl (C=O) groups is 1. The topological polar surface area (TPSA) is 38.3 Å². The Bertz CT molecular complexity index is 407. The van der Waals surface area contributed by atoms with Crippen LogP contribution >= 0.6 is 39.0 Å². The Balaban J connectivity index is 2.00. The lowest BCUT2D eigenvalue weighted by Crippen LogP contribution is -2.38. The summed E-state index contributed by atoms with van der Waals surface area (Å²) in [6, 6.07) is 2.13. The minimum Gasteiger partial charge on any atom is -0.383 e. The van der Waals surface area contributed by atoms with Crippen LogP contribution in [0.3, 0.4) is 0 Å². The lowest BCUT2D eigenvalue weighted by molar-refractivity contribution is 0.0899. The van der Waals surface area contributed by atoms with Gasteiger partial charge in [-0.1, -0.05) is 15.9 Å². The molecule has 3 nitrogen and oxygen atoms in total. The summed E-state index contributed by atoms with van der Waals surface area (Å²) < 4.78 is 5.14. The predicted molar refractivity (Wildman–Crippen MR) is 85.7 cm³/mol. The Morgan fingerprint density at radius 2 is 2.47 bits per heavy atom. The molecule has 1 N–H and O–H groups in total. The van der Waals surface area contributed by atoms with Crippen molar-refractivity contribution in [2.45, 2.75) is 24.6 Å². The number of aryl methyl sites for hydroxylation is 1. The highest BCUT2D eigenvalue weighted by Gasteiger charge is 2.19. The Labute approximate surface area is 130 Å². The van der Waals surface area contributed by atoms with Gasteiger partial charge < -0.3 is 10.1 Å². The van der Waals surface area contributed by atoms with E-state index < -0.39 is 0 Å². The van der Waals surface area contributed by atoms with Gasteiger partial charge in [0.2, 0.25) is 0 Å². The first-order chi connectivity index (χ1) is 9.24. The Morgan fingerprint density at radius 3 is 3.16 bits per heavy atom. The van der Waals surface area contributed by atoms with E-state index in [1.807, 2.05) is 11.8 Å². The van der Waals surface area contributed by atoms with Gasteiger partial charge in [-0.05, 0) is 30.2 Å². The first-order valence-electron chi connectivity index (χ1n) is 6.29. The Morgan fingerprint density at radius 1 is 1.63 bits per heavy atom. The molecule has 1 unspecified atom stereocenters. The van der Waals surface area contributed by atoms with Crippen molar-refractivity contribution in [2.24, 2.45) is 0 Å². The number of hydrogen-bond donors (Lipinski definition) is 1. The van der Waals surface area contributed by atoms with Crippen molar-refractivity contribution in [3.63, 3.8) is 0 Å². The number of alkyl halides is 1. The van der Waals surface area contributed by atoms with Crippen molar-refractivity contribution in [1.29, 1.82) is 0 Å². The van der Waals surface area contributed by atoms with Gasteiger partial charge in [-0.2, -0.15) is 11.8 Å². The number of nitrogens with one attached hydrogen (secondary N) is 1. The third-order valence-electron chi connectivity index (χ3n) is 3.01. The van der Waals surface area contributed by atoms with Crippen LogP contribution in [-0.2, 0) is 16.9 Å².